The Hall–Kier alpha value is -2.54. The lowest BCUT2D eigenvalue weighted by atomic mass is 10.3. The van der Waals surface area contributed by atoms with Gasteiger partial charge in [0.05, 0.1) is 10.6 Å². The molecule has 0 aliphatic heterocycles. The minimum atomic E-state index is -3.75. The first-order chi connectivity index (χ1) is 9.69. The predicted molar refractivity (Wildman–Crippen MR) is 71.0 cm³/mol. The lowest BCUT2D eigenvalue weighted by molar-refractivity contribution is 0.580. The van der Waals surface area contributed by atoms with E-state index < -0.39 is 9.84 Å². The fraction of sp³-hybridized carbons (Fsp3) is 0. The molecule has 0 bridgehead atoms. The van der Waals surface area contributed by atoms with Crippen LogP contribution in [-0.4, -0.2) is 28.6 Å². The Kier molecular flexibility index (Phi) is 3.03. The molecule has 100 valence electrons. The minimum Gasteiger partial charge on any atom is -0.215 e. The van der Waals surface area contributed by atoms with E-state index in [1.54, 1.807) is 42.5 Å². The summed E-state index contributed by atoms with van der Waals surface area (Å²) in [5.74, 6) is 0. The van der Waals surface area contributed by atoms with Crippen molar-refractivity contribution in [2.75, 3.05) is 0 Å². The van der Waals surface area contributed by atoms with Crippen LogP contribution in [0.1, 0.15) is 0 Å². The zero-order valence-corrected chi connectivity index (χ0v) is 11.1. The summed E-state index contributed by atoms with van der Waals surface area (Å²) in [4.78, 5) is 0.159. The summed E-state index contributed by atoms with van der Waals surface area (Å²) in [5.41, 5.74) is 0.590. The molecule has 1 aromatic heterocycles. The van der Waals surface area contributed by atoms with Gasteiger partial charge in [0.15, 0.2) is 0 Å². The molecule has 0 amide bonds. The fourth-order valence-corrected chi connectivity index (χ4v) is 3.02. The Morgan fingerprint density at radius 1 is 0.850 bits per heavy atom. The molecule has 0 atom stereocenters. The first-order valence-corrected chi connectivity index (χ1v) is 7.32. The van der Waals surface area contributed by atoms with E-state index in [0.29, 0.717) is 5.69 Å². The van der Waals surface area contributed by atoms with Gasteiger partial charge in [0, 0.05) is 0 Å². The summed E-state index contributed by atoms with van der Waals surface area (Å²) in [6, 6.07) is 17.0. The van der Waals surface area contributed by atoms with Gasteiger partial charge in [-0.05, 0) is 34.7 Å². The van der Waals surface area contributed by atoms with Crippen molar-refractivity contribution >= 4 is 9.84 Å². The molecule has 3 aromatic rings. The van der Waals surface area contributed by atoms with Gasteiger partial charge in [-0.15, -0.1) is 0 Å². The first kappa shape index (κ1) is 12.5. The maximum absolute atomic E-state index is 12.5. The second kappa shape index (κ2) is 4.86. The molecule has 2 aromatic carbocycles. The second-order valence-corrected chi connectivity index (χ2v) is 5.87. The van der Waals surface area contributed by atoms with Crippen LogP contribution in [0.3, 0.4) is 0 Å². The molecular weight excluding hydrogens is 276 g/mol. The molecule has 0 unspecified atom stereocenters. The molecule has 6 nitrogen and oxygen atoms in total. The molecular formula is C13H10N4O2S. The summed E-state index contributed by atoms with van der Waals surface area (Å²) >= 11 is 0. The molecule has 0 saturated heterocycles. The molecule has 0 aliphatic carbocycles. The number of hydrogen-bond donors (Lipinski definition) is 0. The number of aromatic nitrogens is 4. The van der Waals surface area contributed by atoms with Gasteiger partial charge >= 0.3 is 0 Å². The highest BCUT2D eigenvalue weighted by molar-refractivity contribution is 7.91. The third-order valence-electron chi connectivity index (χ3n) is 2.74. The standard InChI is InChI=1S/C13H10N4O2S/c18-20(19,12-9-5-2-6-10-12)13-14-15-16-17(13)11-7-3-1-4-8-11/h1-10H. The lowest BCUT2D eigenvalue weighted by Gasteiger charge is -2.05. The molecule has 0 aliphatic rings. The highest BCUT2D eigenvalue weighted by Crippen LogP contribution is 2.19. The molecule has 0 N–H and O–H groups in total. The van der Waals surface area contributed by atoms with E-state index >= 15 is 0 Å². The Morgan fingerprint density at radius 3 is 2.10 bits per heavy atom. The average Bonchev–Trinajstić information content (AvgIpc) is 2.99. The second-order valence-electron chi connectivity index (χ2n) is 4.03. The highest BCUT2D eigenvalue weighted by Gasteiger charge is 2.25. The van der Waals surface area contributed by atoms with Crippen molar-refractivity contribution in [1.29, 1.82) is 0 Å². The van der Waals surface area contributed by atoms with E-state index in [1.807, 2.05) is 6.07 Å². The molecule has 0 fully saturated rings. The molecule has 7 heteroatoms. The first-order valence-electron chi connectivity index (χ1n) is 5.83. The zero-order valence-electron chi connectivity index (χ0n) is 10.3. The molecule has 1 heterocycles. The van der Waals surface area contributed by atoms with Crippen LogP contribution in [0, 0.1) is 0 Å². The number of sulfone groups is 1. The molecule has 0 spiro atoms. The van der Waals surface area contributed by atoms with Crippen molar-refractivity contribution in [2.24, 2.45) is 0 Å². The number of benzene rings is 2. The summed E-state index contributed by atoms with van der Waals surface area (Å²) in [5, 5.41) is 10.7. The summed E-state index contributed by atoms with van der Waals surface area (Å²) in [7, 11) is -3.75. The van der Waals surface area contributed by atoms with E-state index in [-0.39, 0.29) is 10.1 Å². The number of hydrogen-bond acceptors (Lipinski definition) is 5. The highest BCUT2D eigenvalue weighted by atomic mass is 32.2. The van der Waals surface area contributed by atoms with Gasteiger partial charge in [0.25, 0.3) is 5.16 Å². The van der Waals surface area contributed by atoms with Gasteiger partial charge in [0.2, 0.25) is 9.84 Å². The number of tetrazole rings is 1. The fourth-order valence-electron chi connectivity index (χ4n) is 1.78. The van der Waals surface area contributed by atoms with Gasteiger partial charge in [-0.3, -0.25) is 0 Å². The maximum atomic E-state index is 12.5. The lowest BCUT2D eigenvalue weighted by Crippen LogP contribution is -2.11. The van der Waals surface area contributed by atoms with E-state index in [2.05, 4.69) is 15.5 Å². The van der Waals surface area contributed by atoms with Gasteiger partial charge in [-0.25, -0.2) is 8.42 Å². The normalized spacial score (nSPS) is 11.4. The van der Waals surface area contributed by atoms with Crippen LogP contribution in [0.2, 0.25) is 0 Å². The summed E-state index contributed by atoms with van der Waals surface area (Å²) in [6.07, 6.45) is 0. The van der Waals surface area contributed by atoms with E-state index in [1.165, 1.54) is 16.8 Å². The topological polar surface area (TPSA) is 77.7 Å². The van der Waals surface area contributed by atoms with Crippen molar-refractivity contribution in [1.82, 2.24) is 20.2 Å². The zero-order chi connectivity index (χ0) is 14.0. The van der Waals surface area contributed by atoms with Crippen molar-refractivity contribution in [2.45, 2.75) is 10.1 Å². The van der Waals surface area contributed by atoms with E-state index in [9.17, 15) is 8.42 Å². The average molecular weight is 286 g/mol. The molecule has 3 rings (SSSR count). The van der Waals surface area contributed by atoms with Crippen LogP contribution in [-0.2, 0) is 9.84 Å². The quantitative estimate of drug-likeness (QED) is 0.729. The van der Waals surface area contributed by atoms with Gasteiger partial charge in [0.1, 0.15) is 0 Å². The van der Waals surface area contributed by atoms with E-state index in [4.69, 9.17) is 0 Å². The summed E-state index contributed by atoms with van der Waals surface area (Å²) < 4.78 is 26.3. The Morgan fingerprint density at radius 2 is 1.45 bits per heavy atom. The van der Waals surface area contributed by atoms with Crippen LogP contribution < -0.4 is 0 Å². The van der Waals surface area contributed by atoms with Crippen LogP contribution in [0.25, 0.3) is 5.69 Å². The number of nitrogens with zero attached hydrogens (tertiary/aromatic N) is 4. The molecule has 0 saturated carbocycles. The molecule has 0 radical (unpaired) electrons. The van der Waals surface area contributed by atoms with Crippen molar-refractivity contribution in [3.63, 3.8) is 0 Å². The van der Waals surface area contributed by atoms with Gasteiger partial charge in [-0.2, -0.15) is 4.68 Å². The van der Waals surface area contributed by atoms with Crippen LogP contribution in [0.5, 0.6) is 0 Å². The predicted octanol–water partition coefficient (Wildman–Crippen LogP) is 1.50. The maximum Gasteiger partial charge on any atom is 0.277 e. The monoisotopic (exact) mass is 286 g/mol. The Balaban J connectivity index is 2.16. The summed E-state index contributed by atoms with van der Waals surface area (Å²) in [6.45, 7) is 0. The van der Waals surface area contributed by atoms with Gasteiger partial charge in [-0.1, -0.05) is 41.5 Å². The smallest absolute Gasteiger partial charge is 0.215 e. The van der Waals surface area contributed by atoms with Crippen molar-refractivity contribution in [3.8, 4) is 5.69 Å². The number of rotatable bonds is 3. The van der Waals surface area contributed by atoms with Gasteiger partial charge < -0.3 is 0 Å². The SMILES string of the molecule is O=S(=O)(c1ccccc1)c1nnnn1-c1ccccc1. The molecule has 20 heavy (non-hydrogen) atoms. The van der Waals surface area contributed by atoms with Crippen molar-refractivity contribution in [3.05, 3.63) is 60.7 Å². The largest absolute Gasteiger partial charge is 0.277 e. The van der Waals surface area contributed by atoms with Crippen LogP contribution in [0.4, 0.5) is 0 Å². The number of para-hydroxylation sites is 1. The third kappa shape index (κ3) is 2.08. The van der Waals surface area contributed by atoms with Crippen LogP contribution >= 0.6 is 0 Å². The van der Waals surface area contributed by atoms with Crippen LogP contribution in [0.15, 0.2) is 70.7 Å². The third-order valence-corrected chi connectivity index (χ3v) is 4.36. The Bertz CT molecular complexity index is 814. The minimum absolute atomic E-state index is 0.159. The Labute approximate surface area is 115 Å². The van der Waals surface area contributed by atoms with E-state index in [0.717, 1.165) is 0 Å². The van der Waals surface area contributed by atoms with Crippen molar-refractivity contribution < 1.29 is 8.42 Å².